The second-order valence-electron chi connectivity index (χ2n) is 3.53. The van der Waals surface area contributed by atoms with E-state index >= 15 is 0 Å². The molecule has 0 spiro atoms. The molecule has 1 aliphatic heterocycles. The zero-order chi connectivity index (χ0) is 9.14. The molecule has 0 amide bonds. The van der Waals surface area contributed by atoms with Crippen molar-refractivity contribution in [1.29, 1.82) is 0 Å². The van der Waals surface area contributed by atoms with Gasteiger partial charge in [-0.05, 0) is 18.2 Å². The minimum Gasteiger partial charge on any atom is -0.278 e. The molecule has 0 fully saturated rings. The van der Waals surface area contributed by atoms with Gasteiger partial charge < -0.3 is 0 Å². The first-order chi connectivity index (χ1) is 5.66. The lowest BCUT2D eigenvalue weighted by Crippen LogP contribution is -2.20. The minimum absolute atomic E-state index is 0.437. The largest absolute Gasteiger partial charge is 0.278 e. The first kappa shape index (κ1) is 9.85. The van der Waals surface area contributed by atoms with E-state index in [2.05, 4.69) is 38.1 Å². The molecule has 0 saturated heterocycles. The molecule has 68 valence electrons. The van der Waals surface area contributed by atoms with Gasteiger partial charge in [-0.3, -0.25) is 4.99 Å². The maximum Gasteiger partial charge on any atom is 0.101 e. The van der Waals surface area contributed by atoms with E-state index in [0.29, 0.717) is 17.2 Å². The van der Waals surface area contributed by atoms with Crippen LogP contribution in [-0.2, 0) is 0 Å². The van der Waals surface area contributed by atoms with Crippen LogP contribution < -0.4 is 0 Å². The second kappa shape index (κ2) is 4.13. The fourth-order valence-electron chi connectivity index (χ4n) is 1.64. The van der Waals surface area contributed by atoms with E-state index in [0.717, 1.165) is 0 Å². The van der Waals surface area contributed by atoms with Crippen LogP contribution in [0.1, 0.15) is 20.8 Å². The van der Waals surface area contributed by atoms with Gasteiger partial charge in [0, 0.05) is 12.1 Å². The number of hydrogen-bond acceptors (Lipinski definition) is 2. The zero-order valence-electron chi connectivity index (χ0n) is 8.24. The van der Waals surface area contributed by atoms with E-state index in [9.17, 15) is 0 Å². The third-order valence-electron chi connectivity index (χ3n) is 2.36. The smallest absolute Gasteiger partial charge is 0.101 e. The molecule has 1 nitrogen and oxygen atoms in total. The van der Waals surface area contributed by atoms with Crippen LogP contribution in [0.25, 0.3) is 0 Å². The lowest BCUT2D eigenvalue weighted by molar-refractivity contribution is 0.566. The third kappa shape index (κ3) is 1.92. The first-order valence-corrected chi connectivity index (χ1v) is 5.71. The summed E-state index contributed by atoms with van der Waals surface area (Å²) in [6.07, 6.45) is 6.25. The molecule has 1 heterocycles. The molecule has 0 saturated carbocycles. The van der Waals surface area contributed by atoms with E-state index in [1.165, 1.54) is 5.57 Å². The van der Waals surface area contributed by atoms with Gasteiger partial charge in [0.25, 0.3) is 0 Å². The highest BCUT2D eigenvalue weighted by atomic mass is 32.2. The van der Waals surface area contributed by atoms with E-state index in [4.69, 9.17) is 0 Å². The molecule has 0 unspecified atom stereocenters. The summed E-state index contributed by atoms with van der Waals surface area (Å²) in [6.45, 7) is 6.77. The average molecular weight is 183 g/mol. The van der Waals surface area contributed by atoms with Gasteiger partial charge in [0.1, 0.15) is 5.37 Å². The van der Waals surface area contributed by atoms with Crippen molar-refractivity contribution < 1.29 is 0 Å². The van der Waals surface area contributed by atoms with E-state index in [1.54, 1.807) is 0 Å². The molecule has 2 heteroatoms. The Labute approximate surface area is 79.3 Å². The molecular weight excluding hydrogens is 166 g/mol. The van der Waals surface area contributed by atoms with Crippen LogP contribution in [0.5, 0.6) is 0 Å². The Hall–Kier alpha value is -0.240. The summed E-state index contributed by atoms with van der Waals surface area (Å²) in [5, 5.41) is 0.437. The molecule has 0 N–H and O–H groups in total. The minimum atomic E-state index is 0.437. The number of thioether (sulfide) groups is 1. The summed E-state index contributed by atoms with van der Waals surface area (Å²) in [5.74, 6) is 1.26. The number of nitrogens with zero attached hydrogens (tertiary/aromatic N) is 1. The number of rotatable bonds is 2. The molecule has 1 aliphatic rings. The van der Waals surface area contributed by atoms with Crippen molar-refractivity contribution in [2.75, 3.05) is 6.26 Å². The van der Waals surface area contributed by atoms with Gasteiger partial charge in [-0.15, -0.1) is 11.8 Å². The fourth-order valence-corrected chi connectivity index (χ4v) is 2.40. The molecular formula is C10H17NS. The molecule has 0 bridgehead atoms. The normalized spacial score (nSPS) is 29.2. The monoisotopic (exact) mass is 183 g/mol. The summed E-state index contributed by atoms with van der Waals surface area (Å²) >= 11 is 1.84. The molecule has 0 aliphatic carbocycles. The Balaban J connectivity index is 2.76. The standard InChI is InChI=1S/C10H17NS/c1-7(2)9-5-6-11-10(12-4)8(9)3/h5-8,10H,1-4H3/t8-,10-/m0/s1. The van der Waals surface area contributed by atoms with Crippen LogP contribution in [-0.4, -0.2) is 17.8 Å². The Kier molecular flexibility index (Phi) is 3.39. The topological polar surface area (TPSA) is 12.4 Å². The van der Waals surface area contributed by atoms with Crippen LogP contribution in [0.4, 0.5) is 0 Å². The summed E-state index contributed by atoms with van der Waals surface area (Å²) < 4.78 is 0. The van der Waals surface area contributed by atoms with Crippen molar-refractivity contribution >= 4 is 18.0 Å². The van der Waals surface area contributed by atoms with Crippen molar-refractivity contribution in [3.8, 4) is 0 Å². The zero-order valence-corrected chi connectivity index (χ0v) is 9.06. The van der Waals surface area contributed by atoms with Gasteiger partial charge in [-0.25, -0.2) is 0 Å². The van der Waals surface area contributed by atoms with E-state index < -0.39 is 0 Å². The van der Waals surface area contributed by atoms with Crippen molar-refractivity contribution in [3.05, 3.63) is 11.6 Å². The number of hydrogen-bond donors (Lipinski definition) is 0. The molecule has 1 rings (SSSR count). The van der Waals surface area contributed by atoms with Gasteiger partial charge in [0.15, 0.2) is 0 Å². The summed E-state index contributed by atoms with van der Waals surface area (Å²) in [5.41, 5.74) is 1.53. The van der Waals surface area contributed by atoms with Crippen LogP contribution in [0.3, 0.4) is 0 Å². The number of allylic oxidation sites excluding steroid dienone is 1. The molecule has 0 aromatic rings. The average Bonchev–Trinajstić information content (AvgIpc) is 2.04. The predicted octanol–water partition coefficient (Wildman–Crippen LogP) is 2.98. The molecule has 12 heavy (non-hydrogen) atoms. The quantitative estimate of drug-likeness (QED) is 0.641. The van der Waals surface area contributed by atoms with E-state index in [1.807, 2.05) is 18.0 Å². The number of aliphatic imine (C=N–C) groups is 1. The van der Waals surface area contributed by atoms with Crippen LogP contribution in [0.2, 0.25) is 0 Å². The lowest BCUT2D eigenvalue weighted by atomic mass is 9.90. The Morgan fingerprint density at radius 1 is 1.50 bits per heavy atom. The fraction of sp³-hybridized carbons (Fsp3) is 0.700. The van der Waals surface area contributed by atoms with Crippen molar-refractivity contribution in [3.63, 3.8) is 0 Å². The Morgan fingerprint density at radius 3 is 2.67 bits per heavy atom. The molecule has 0 aromatic heterocycles. The highest BCUT2D eigenvalue weighted by molar-refractivity contribution is 7.99. The van der Waals surface area contributed by atoms with E-state index in [-0.39, 0.29) is 0 Å². The second-order valence-corrected chi connectivity index (χ2v) is 4.49. The van der Waals surface area contributed by atoms with Gasteiger partial charge in [0.05, 0.1) is 0 Å². The summed E-state index contributed by atoms with van der Waals surface area (Å²) in [7, 11) is 0. The molecule has 0 aromatic carbocycles. The molecule has 2 atom stereocenters. The van der Waals surface area contributed by atoms with Crippen LogP contribution in [0, 0.1) is 11.8 Å². The summed E-state index contributed by atoms with van der Waals surface area (Å²) in [6, 6.07) is 0. The highest BCUT2D eigenvalue weighted by Gasteiger charge is 2.22. The van der Waals surface area contributed by atoms with Crippen molar-refractivity contribution in [2.24, 2.45) is 16.8 Å². The van der Waals surface area contributed by atoms with Crippen LogP contribution in [0.15, 0.2) is 16.6 Å². The van der Waals surface area contributed by atoms with Crippen molar-refractivity contribution in [2.45, 2.75) is 26.1 Å². The van der Waals surface area contributed by atoms with Crippen LogP contribution >= 0.6 is 11.8 Å². The Morgan fingerprint density at radius 2 is 2.17 bits per heavy atom. The van der Waals surface area contributed by atoms with Gasteiger partial charge >= 0.3 is 0 Å². The third-order valence-corrected chi connectivity index (χ3v) is 3.37. The van der Waals surface area contributed by atoms with Gasteiger partial charge in [0.2, 0.25) is 0 Å². The number of dihydropyridines is 1. The maximum absolute atomic E-state index is 4.42. The lowest BCUT2D eigenvalue weighted by Gasteiger charge is -2.26. The predicted molar refractivity (Wildman–Crippen MR) is 57.9 cm³/mol. The Bertz CT molecular complexity index is 206. The maximum atomic E-state index is 4.42. The van der Waals surface area contributed by atoms with Gasteiger partial charge in [-0.2, -0.15) is 0 Å². The first-order valence-electron chi connectivity index (χ1n) is 4.43. The van der Waals surface area contributed by atoms with Gasteiger partial charge in [-0.1, -0.05) is 26.3 Å². The SMILES string of the molecule is CS[C@@H]1N=CC=C(C(C)C)[C@@H]1C. The highest BCUT2D eigenvalue weighted by Crippen LogP contribution is 2.31. The summed E-state index contributed by atoms with van der Waals surface area (Å²) in [4.78, 5) is 4.42. The van der Waals surface area contributed by atoms with Crippen molar-refractivity contribution in [1.82, 2.24) is 0 Å². The molecule has 0 radical (unpaired) electrons.